The minimum atomic E-state index is -0.191. The van der Waals surface area contributed by atoms with E-state index in [4.69, 9.17) is 4.74 Å². The van der Waals surface area contributed by atoms with Crippen molar-refractivity contribution < 1.29 is 9.13 Å². The molecule has 18 heavy (non-hydrogen) atoms. The van der Waals surface area contributed by atoms with E-state index in [0.717, 1.165) is 49.1 Å². The summed E-state index contributed by atoms with van der Waals surface area (Å²) < 4.78 is 20.8. The molecule has 0 bridgehead atoms. The first-order valence-electron chi connectivity index (χ1n) is 6.54. The van der Waals surface area contributed by atoms with E-state index in [1.165, 1.54) is 6.07 Å². The topological polar surface area (TPSA) is 27.1 Å². The van der Waals surface area contributed by atoms with Crippen molar-refractivity contribution in [1.82, 2.24) is 9.78 Å². The number of halogens is 1. The van der Waals surface area contributed by atoms with Crippen molar-refractivity contribution in [2.45, 2.75) is 32.2 Å². The van der Waals surface area contributed by atoms with Gasteiger partial charge in [0.15, 0.2) is 0 Å². The number of hydrogen-bond acceptors (Lipinski definition) is 2. The molecule has 0 unspecified atom stereocenters. The van der Waals surface area contributed by atoms with Gasteiger partial charge in [0.1, 0.15) is 5.82 Å². The molecule has 1 fully saturated rings. The van der Waals surface area contributed by atoms with Crippen LogP contribution in [0.5, 0.6) is 0 Å². The molecule has 0 amide bonds. The molecule has 0 saturated carbocycles. The van der Waals surface area contributed by atoms with Gasteiger partial charge in [-0.3, -0.25) is 4.68 Å². The van der Waals surface area contributed by atoms with Gasteiger partial charge in [0.2, 0.25) is 0 Å². The highest BCUT2D eigenvalue weighted by Crippen LogP contribution is 2.28. The number of aromatic nitrogens is 2. The van der Waals surface area contributed by atoms with Crippen LogP contribution in [0.2, 0.25) is 0 Å². The zero-order chi connectivity index (χ0) is 12.5. The van der Waals surface area contributed by atoms with Crippen LogP contribution in [0.3, 0.4) is 0 Å². The maximum absolute atomic E-state index is 13.3. The summed E-state index contributed by atoms with van der Waals surface area (Å²) in [5.74, 6) is -0.191. The fraction of sp³-hybridized carbons (Fsp3) is 0.500. The van der Waals surface area contributed by atoms with Crippen molar-refractivity contribution in [2.75, 3.05) is 13.2 Å². The maximum Gasteiger partial charge on any atom is 0.124 e. The summed E-state index contributed by atoms with van der Waals surface area (Å²) in [4.78, 5) is 0. The van der Waals surface area contributed by atoms with E-state index in [2.05, 4.69) is 16.7 Å². The van der Waals surface area contributed by atoms with E-state index in [1.54, 1.807) is 6.07 Å². The molecule has 0 aliphatic carbocycles. The Balaban J connectivity index is 2.11. The minimum Gasteiger partial charge on any atom is -0.381 e. The lowest BCUT2D eigenvalue weighted by atomic mass is 10.1. The molecule has 0 N–H and O–H groups in total. The second kappa shape index (κ2) is 4.69. The number of nitrogens with zero attached hydrogens (tertiary/aromatic N) is 2. The zero-order valence-corrected chi connectivity index (χ0v) is 10.5. The predicted molar refractivity (Wildman–Crippen MR) is 68.2 cm³/mol. The van der Waals surface area contributed by atoms with Gasteiger partial charge in [-0.25, -0.2) is 4.39 Å². The third-order valence-electron chi connectivity index (χ3n) is 3.62. The fourth-order valence-electron chi connectivity index (χ4n) is 2.65. The molecule has 1 aromatic heterocycles. The van der Waals surface area contributed by atoms with Gasteiger partial charge in [-0.1, -0.05) is 6.92 Å². The van der Waals surface area contributed by atoms with Crippen LogP contribution < -0.4 is 0 Å². The van der Waals surface area contributed by atoms with E-state index >= 15 is 0 Å². The fourth-order valence-corrected chi connectivity index (χ4v) is 2.65. The summed E-state index contributed by atoms with van der Waals surface area (Å²) >= 11 is 0. The first-order chi connectivity index (χ1) is 8.79. The molecule has 2 aromatic rings. The molecule has 2 heterocycles. The minimum absolute atomic E-state index is 0.191. The Morgan fingerprint density at radius 3 is 2.89 bits per heavy atom. The average Bonchev–Trinajstić information content (AvgIpc) is 2.77. The molecular formula is C14H17FN2O. The maximum atomic E-state index is 13.3. The third kappa shape index (κ3) is 1.90. The molecule has 1 aliphatic rings. The molecule has 1 saturated heterocycles. The lowest BCUT2D eigenvalue weighted by Crippen LogP contribution is -2.20. The quantitative estimate of drug-likeness (QED) is 0.816. The Labute approximate surface area is 106 Å². The van der Waals surface area contributed by atoms with Crippen molar-refractivity contribution in [3.05, 3.63) is 29.7 Å². The van der Waals surface area contributed by atoms with Crippen molar-refractivity contribution in [2.24, 2.45) is 0 Å². The predicted octanol–water partition coefficient (Wildman–Crippen LogP) is 3.09. The van der Waals surface area contributed by atoms with Gasteiger partial charge >= 0.3 is 0 Å². The smallest absolute Gasteiger partial charge is 0.124 e. The van der Waals surface area contributed by atoms with Crippen molar-refractivity contribution in [1.29, 1.82) is 0 Å². The van der Waals surface area contributed by atoms with Crippen LogP contribution in [-0.2, 0) is 11.2 Å². The molecule has 96 valence electrons. The summed E-state index contributed by atoms with van der Waals surface area (Å²) in [6, 6.07) is 5.33. The van der Waals surface area contributed by atoms with E-state index < -0.39 is 0 Å². The van der Waals surface area contributed by atoms with Crippen LogP contribution in [0.1, 0.15) is 31.5 Å². The Bertz CT molecular complexity index is 558. The lowest BCUT2D eigenvalue weighted by molar-refractivity contribution is 0.0673. The summed E-state index contributed by atoms with van der Waals surface area (Å²) in [6.45, 7) is 3.63. The van der Waals surface area contributed by atoms with Crippen LogP contribution in [0, 0.1) is 5.82 Å². The summed E-state index contributed by atoms with van der Waals surface area (Å²) in [6.07, 6.45) is 2.80. The molecule has 0 radical (unpaired) electrons. The molecule has 3 nitrogen and oxygen atoms in total. The molecule has 0 atom stereocenters. The number of rotatable bonds is 2. The van der Waals surface area contributed by atoms with Gasteiger partial charge in [-0.15, -0.1) is 0 Å². The number of fused-ring (bicyclic) bond motifs is 1. The highest BCUT2D eigenvalue weighted by atomic mass is 19.1. The first-order valence-corrected chi connectivity index (χ1v) is 6.54. The standard InChI is InChI=1S/C14H17FN2O/c1-2-13-12-9-10(15)3-4-14(12)17(16-13)11-5-7-18-8-6-11/h3-4,9,11H,2,5-8H2,1H3. The monoisotopic (exact) mass is 248 g/mol. The Kier molecular flexibility index (Phi) is 3.04. The second-order valence-electron chi connectivity index (χ2n) is 4.75. The van der Waals surface area contributed by atoms with Crippen molar-refractivity contribution in [3.63, 3.8) is 0 Å². The summed E-state index contributed by atoms with van der Waals surface area (Å²) in [7, 11) is 0. The Morgan fingerprint density at radius 1 is 1.39 bits per heavy atom. The van der Waals surface area contributed by atoms with E-state index in [0.29, 0.717) is 6.04 Å². The van der Waals surface area contributed by atoms with Gasteiger partial charge in [0.25, 0.3) is 0 Å². The number of hydrogen-bond donors (Lipinski definition) is 0. The van der Waals surface area contributed by atoms with Crippen molar-refractivity contribution in [3.8, 4) is 0 Å². The van der Waals surface area contributed by atoms with Crippen LogP contribution >= 0.6 is 0 Å². The average molecular weight is 248 g/mol. The third-order valence-corrected chi connectivity index (χ3v) is 3.62. The van der Waals surface area contributed by atoms with Crippen molar-refractivity contribution >= 4 is 10.9 Å². The Morgan fingerprint density at radius 2 is 2.17 bits per heavy atom. The van der Waals surface area contributed by atoms with E-state index in [9.17, 15) is 4.39 Å². The highest BCUT2D eigenvalue weighted by Gasteiger charge is 2.20. The van der Waals surface area contributed by atoms with E-state index in [-0.39, 0.29) is 5.82 Å². The normalized spacial score (nSPS) is 17.4. The van der Waals surface area contributed by atoms with Gasteiger partial charge in [-0.05, 0) is 37.5 Å². The molecule has 3 rings (SSSR count). The summed E-state index contributed by atoms with van der Waals surface area (Å²) in [5.41, 5.74) is 2.02. The van der Waals surface area contributed by atoms with Crippen LogP contribution in [0.25, 0.3) is 10.9 Å². The number of ether oxygens (including phenoxy) is 1. The SMILES string of the molecule is CCc1nn(C2CCOCC2)c2ccc(F)cc12. The second-order valence-corrected chi connectivity index (χ2v) is 4.75. The molecule has 0 spiro atoms. The van der Waals surface area contributed by atoms with Crippen LogP contribution in [0.15, 0.2) is 18.2 Å². The lowest BCUT2D eigenvalue weighted by Gasteiger charge is -2.23. The van der Waals surface area contributed by atoms with Crippen LogP contribution in [-0.4, -0.2) is 23.0 Å². The van der Waals surface area contributed by atoms with Gasteiger partial charge < -0.3 is 4.74 Å². The number of benzene rings is 1. The van der Waals surface area contributed by atoms with Gasteiger partial charge in [0.05, 0.1) is 17.3 Å². The van der Waals surface area contributed by atoms with Gasteiger partial charge in [0, 0.05) is 18.6 Å². The molecular weight excluding hydrogens is 231 g/mol. The Hall–Kier alpha value is -1.42. The summed E-state index contributed by atoms with van der Waals surface area (Å²) in [5, 5.41) is 5.62. The number of aryl methyl sites for hydroxylation is 1. The molecule has 4 heteroatoms. The van der Waals surface area contributed by atoms with Gasteiger partial charge in [-0.2, -0.15) is 5.10 Å². The van der Waals surface area contributed by atoms with Crippen LogP contribution in [0.4, 0.5) is 4.39 Å². The largest absolute Gasteiger partial charge is 0.381 e. The molecule has 1 aliphatic heterocycles. The van der Waals surface area contributed by atoms with E-state index in [1.807, 2.05) is 6.07 Å². The first kappa shape index (κ1) is 11.7. The molecule has 1 aromatic carbocycles. The highest BCUT2D eigenvalue weighted by molar-refractivity contribution is 5.82. The zero-order valence-electron chi connectivity index (χ0n) is 10.5.